The van der Waals surface area contributed by atoms with E-state index in [1.807, 2.05) is 20.8 Å². The van der Waals surface area contributed by atoms with Crippen molar-refractivity contribution >= 4 is 33.2 Å². The number of amides is 2. The molecule has 3 aromatic rings. The highest BCUT2D eigenvalue weighted by Crippen LogP contribution is 2.26. The zero-order chi connectivity index (χ0) is 27.0. The molecule has 0 saturated heterocycles. The van der Waals surface area contributed by atoms with Crippen LogP contribution in [0.5, 0.6) is 5.75 Å². The molecule has 0 spiro atoms. The molecule has 1 N–H and O–H groups in total. The van der Waals surface area contributed by atoms with Crippen molar-refractivity contribution in [2.75, 3.05) is 35.9 Å². The predicted octanol–water partition coefficient (Wildman–Crippen LogP) is 4.54. The zero-order valence-corrected chi connectivity index (χ0v) is 21.8. The lowest BCUT2D eigenvalue weighted by Gasteiger charge is -2.25. The van der Waals surface area contributed by atoms with Crippen LogP contribution in [0.3, 0.4) is 0 Å². The summed E-state index contributed by atoms with van der Waals surface area (Å²) >= 11 is 0. The Kier molecular flexibility index (Phi) is 9.24. The molecule has 0 aliphatic carbocycles. The molecule has 3 rings (SSSR count). The third kappa shape index (κ3) is 6.65. The molecule has 0 aliphatic heterocycles. The highest BCUT2D eigenvalue weighted by Gasteiger charge is 2.28. The van der Waals surface area contributed by atoms with Crippen LogP contribution < -0.4 is 14.4 Å². The van der Waals surface area contributed by atoms with E-state index in [2.05, 4.69) is 5.32 Å². The summed E-state index contributed by atoms with van der Waals surface area (Å²) in [6.45, 7) is 6.39. The van der Waals surface area contributed by atoms with Crippen LogP contribution >= 0.6 is 0 Å². The van der Waals surface area contributed by atoms with Crippen LogP contribution in [0.15, 0.2) is 77.7 Å². The summed E-state index contributed by atoms with van der Waals surface area (Å²) < 4.78 is 46.9. The molecule has 0 fully saturated rings. The van der Waals surface area contributed by atoms with Crippen molar-refractivity contribution in [1.29, 1.82) is 0 Å². The molecule has 0 atom stereocenters. The van der Waals surface area contributed by atoms with Crippen molar-refractivity contribution in [3.05, 3.63) is 84.2 Å². The quantitative estimate of drug-likeness (QED) is 0.395. The van der Waals surface area contributed by atoms with Crippen LogP contribution in [0.4, 0.5) is 15.8 Å². The number of halogens is 1. The molecule has 8 nitrogen and oxygen atoms in total. The predicted molar refractivity (Wildman–Crippen MR) is 141 cm³/mol. The number of benzene rings is 3. The lowest BCUT2D eigenvalue weighted by molar-refractivity contribution is -0.114. The Labute approximate surface area is 216 Å². The Balaban J connectivity index is 1.94. The molecule has 3 aromatic carbocycles. The molecular weight excluding hydrogens is 497 g/mol. The van der Waals surface area contributed by atoms with Crippen LogP contribution in [0.1, 0.15) is 31.1 Å². The Bertz CT molecular complexity index is 1320. The van der Waals surface area contributed by atoms with Gasteiger partial charge in [0.1, 0.15) is 18.1 Å². The fourth-order valence-corrected chi connectivity index (χ4v) is 5.13. The molecule has 0 heterocycles. The van der Waals surface area contributed by atoms with Crippen LogP contribution in [0, 0.1) is 5.82 Å². The first-order chi connectivity index (χ1) is 17.7. The summed E-state index contributed by atoms with van der Waals surface area (Å²) in [5.41, 5.74) is 0.791. The Morgan fingerprint density at radius 2 is 1.51 bits per heavy atom. The number of hydrogen-bond acceptors (Lipinski definition) is 5. The number of sulfonamides is 1. The zero-order valence-electron chi connectivity index (χ0n) is 21.0. The molecular formula is C27H30FN3O5S. The number of para-hydroxylation sites is 1. The van der Waals surface area contributed by atoms with Crippen LogP contribution in [0.2, 0.25) is 0 Å². The number of nitrogens with zero attached hydrogens (tertiary/aromatic N) is 2. The van der Waals surface area contributed by atoms with Gasteiger partial charge in [-0.15, -0.1) is 0 Å². The maximum absolute atomic E-state index is 13.5. The maximum Gasteiger partial charge on any atom is 0.264 e. The maximum atomic E-state index is 13.5. The van der Waals surface area contributed by atoms with Gasteiger partial charge in [0.25, 0.3) is 15.9 Å². The molecule has 37 heavy (non-hydrogen) atoms. The number of rotatable bonds is 11. The van der Waals surface area contributed by atoms with Crippen molar-refractivity contribution in [1.82, 2.24) is 4.90 Å². The molecule has 2 amide bonds. The van der Waals surface area contributed by atoms with Gasteiger partial charge in [-0.25, -0.2) is 12.8 Å². The van der Waals surface area contributed by atoms with Crippen molar-refractivity contribution in [3.63, 3.8) is 0 Å². The van der Waals surface area contributed by atoms with Gasteiger partial charge in [0.05, 0.1) is 28.4 Å². The van der Waals surface area contributed by atoms with E-state index in [4.69, 9.17) is 4.74 Å². The van der Waals surface area contributed by atoms with Gasteiger partial charge in [-0.05, 0) is 81.4 Å². The number of nitrogens with one attached hydrogen (secondary N) is 1. The van der Waals surface area contributed by atoms with Crippen molar-refractivity contribution < 1.29 is 27.1 Å². The molecule has 0 aliphatic rings. The van der Waals surface area contributed by atoms with E-state index in [0.717, 1.165) is 28.6 Å². The van der Waals surface area contributed by atoms with Crippen molar-refractivity contribution in [2.45, 2.75) is 25.7 Å². The molecule has 196 valence electrons. The average molecular weight is 528 g/mol. The van der Waals surface area contributed by atoms with E-state index >= 15 is 0 Å². The third-order valence-corrected chi connectivity index (χ3v) is 7.39. The SMILES string of the molecule is CCOc1ccc(N(CC(=O)Nc2ccccc2C(=O)N(CC)CC)S(=O)(=O)c2ccc(F)cc2)cc1. The monoisotopic (exact) mass is 527 g/mol. The second-order valence-electron chi connectivity index (χ2n) is 7.96. The van der Waals surface area contributed by atoms with E-state index in [0.29, 0.717) is 31.0 Å². The summed E-state index contributed by atoms with van der Waals surface area (Å²) in [7, 11) is -4.24. The number of carbonyl (C=O) groups excluding carboxylic acids is 2. The second kappa shape index (κ2) is 12.4. The lowest BCUT2D eigenvalue weighted by atomic mass is 10.1. The van der Waals surface area contributed by atoms with Crippen LogP contribution in [-0.4, -0.2) is 51.4 Å². The van der Waals surface area contributed by atoms with Gasteiger partial charge in [0, 0.05) is 13.1 Å². The highest BCUT2D eigenvalue weighted by atomic mass is 32.2. The smallest absolute Gasteiger partial charge is 0.264 e. The average Bonchev–Trinajstić information content (AvgIpc) is 2.89. The largest absolute Gasteiger partial charge is 0.494 e. The van der Waals surface area contributed by atoms with Gasteiger partial charge >= 0.3 is 0 Å². The minimum absolute atomic E-state index is 0.173. The topological polar surface area (TPSA) is 96.0 Å². The van der Waals surface area contributed by atoms with Gasteiger partial charge in [0.2, 0.25) is 5.91 Å². The fraction of sp³-hybridized carbons (Fsp3) is 0.259. The van der Waals surface area contributed by atoms with E-state index < -0.39 is 28.3 Å². The van der Waals surface area contributed by atoms with Gasteiger partial charge in [-0.3, -0.25) is 13.9 Å². The first kappa shape index (κ1) is 27.7. The highest BCUT2D eigenvalue weighted by molar-refractivity contribution is 7.92. The van der Waals surface area contributed by atoms with Gasteiger partial charge in [-0.2, -0.15) is 0 Å². The molecule has 10 heteroatoms. The Hall–Kier alpha value is -3.92. The summed E-state index contributed by atoms with van der Waals surface area (Å²) in [4.78, 5) is 27.5. The lowest BCUT2D eigenvalue weighted by Crippen LogP contribution is -2.38. The summed E-state index contributed by atoms with van der Waals surface area (Å²) in [6, 6.07) is 17.2. The number of anilines is 2. The van der Waals surface area contributed by atoms with Crippen LogP contribution in [-0.2, 0) is 14.8 Å². The number of ether oxygens (including phenoxy) is 1. The molecule has 0 aromatic heterocycles. The Morgan fingerprint density at radius 1 is 0.892 bits per heavy atom. The van der Waals surface area contributed by atoms with E-state index in [9.17, 15) is 22.4 Å². The molecule has 0 saturated carbocycles. The van der Waals surface area contributed by atoms with Crippen molar-refractivity contribution in [3.8, 4) is 5.75 Å². The fourth-order valence-electron chi connectivity index (χ4n) is 3.70. The number of hydrogen-bond donors (Lipinski definition) is 1. The summed E-state index contributed by atoms with van der Waals surface area (Å²) in [5.74, 6) is -0.944. The summed E-state index contributed by atoms with van der Waals surface area (Å²) in [5, 5.41) is 2.68. The van der Waals surface area contributed by atoms with E-state index in [1.165, 1.54) is 12.1 Å². The molecule has 0 radical (unpaired) electrons. The molecule has 0 unspecified atom stereocenters. The van der Waals surface area contributed by atoms with Crippen LogP contribution in [0.25, 0.3) is 0 Å². The second-order valence-corrected chi connectivity index (χ2v) is 9.83. The third-order valence-electron chi connectivity index (χ3n) is 5.61. The van der Waals surface area contributed by atoms with Crippen molar-refractivity contribution in [2.24, 2.45) is 0 Å². The van der Waals surface area contributed by atoms with Gasteiger partial charge in [0.15, 0.2) is 0 Å². The summed E-state index contributed by atoms with van der Waals surface area (Å²) in [6.07, 6.45) is 0. The van der Waals surface area contributed by atoms with E-state index in [1.54, 1.807) is 41.3 Å². The minimum Gasteiger partial charge on any atom is -0.494 e. The minimum atomic E-state index is -4.24. The number of carbonyl (C=O) groups is 2. The molecule has 0 bridgehead atoms. The standard InChI is InChI=1S/C27H30FN3O5S/c1-4-30(5-2)27(33)24-9-7-8-10-25(24)29-26(32)19-31(21-13-15-22(16-14-21)36-6-3)37(34,35)23-17-11-20(28)12-18-23/h7-18H,4-6,19H2,1-3H3,(H,29,32). The normalized spacial score (nSPS) is 11.0. The first-order valence-corrected chi connectivity index (χ1v) is 13.3. The first-order valence-electron chi connectivity index (χ1n) is 11.9. The Morgan fingerprint density at radius 3 is 2.11 bits per heavy atom. The van der Waals surface area contributed by atoms with Gasteiger partial charge < -0.3 is 15.0 Å². The van der Waals surface area contributed by atoms with Gasteiger partial charge in [-0.1, -0.05) is 12.1 Å². The van der Waals surface area contributed by atoms with E-state index in [-0.39, 0.29) is 22.2 Å².